The van der Waals surface area contributed by atoms with Crippen molar-refractivity contribution in [2.45, 2.75) is 18.7 Å². The van der Waals surface area contributed by atoms with Crippen molar-refractivity contribution < 1.29 is 22.4 Å². The van der Waals surface area contributed by atoms with Crippen molar-refractivity contribution in [3.63, 3.8) is 0 Å². The molecule has 0 unspecified atom stereocenters. The molecule has 30 heavy (non-hydrogen) atoms. The number of nitrogens with zero attached hydrogens (tertiary/aromatic N) is 1. The number of anilines is 1. The molecule has 2 heterocycles. The fourth-order valence-electron chi connectivity index (χ4n) is 3.37. The van der Waals surface area contributed by atoms with Crippen molar-refractivity contribution in [1.82, 2.24) is 4.31 Å². The second-order valence-corrected chi connectivity index (χ2v) is 9.49. The Kier molecular flexibility index (Phi) is 5.59. The fourth-order valence-corrected chi connectivity index (χ4v) is 4.99. The van der Waals surface area contributed by atoms with Crippen molar-refractivity contribution in [3.8, 4) is 0 Å². The van der Waals surface area contributed by atoms with Gasteiger partial charge in [-0.1, -0.05) is 17.7 Å². The third-order valence-electron chi connectivity index (χ3n) is 5.15. The molecule has 1 saturated heterocycles. The van der Waals surface area contributed by atoms with Crippen LogP contribution in [-0.2, 0) is 14.8 Å². The lowest BCUT2D eigenvalue weighted by Crippen LogP contribution is -2.40. The molecule has 0 saturated carbocycles. The summed E-state index contributed by atoms with van der Waals surface area (Å²) in [6, 6.07) is 9.86. The Morgan fingerprint density at radius 2 is 1.83 bits per heavy atom. The Morgan fingerprint density at radius 3 is 2.53 bits per heavy atom. The second-order valence-electron chi connectivity index (χ2n) is 7.15. The molecule has 1 aliphatic heterocycles. The molecule has 1 fully saturated rings. The molecule has 0 bridgehead atoms. The molecular weight excluding hydrogens is 428 g/mol. The molecule has 1 amide bonds. The van der Waals surface area contributed by atoms with Crippen molar-refractivity contribution in [2.24, 2.45) is 0 Å². The van der Waals surface area contributed by atoms with Crippen molar-refractivity contribution in [3.05, 3.63) is 58.3 Å². The van der Waals surface area contributed by atoms with Crippen LogP contribution in [0.3, 0.4) is 0 Å². The first-order chi connectivity index (χ1) is 14.3. The van der Waals surface area contributed by atoms with Gasteiger partial charge in [-0.2, -0.15) is 4.31 Å². The van der Waals surface area contributed by atoms with Gasteiger partial charge in [-0.25, -0.2) is 8.42 Å². The van der Waals surface area contributed by atoms with Crippen LogP contribution in [0.5, 0.6) is 0 Å². The lowest BCUT2D eigenvalue weighted by molar-refractivity contribution is 0.0730. The predicted molar refractivity (Wildman–Crippen MR) is 115 cm³/mol. The number of carbonyl (C=O) groups excluding carboxylic acids is 1. The van der Waals surface area contributed by atoms with E-state index in [0.29, 0.717) is 53.5 Å². The number of furan rings is 1. The van der Waals surface area contributed by atoms with Crippen LogP contribution in [0.4, 0.5) is 5.69 Å². The van der Waals surface area contributed by atoms with E-state index in [1.807, 2.05) is 13.0 Å². The minimum Gasteiger partial charge on any atom is -0.451 e. The largest absolute Gasteiger partial charge is 0.451 e. The average molecular weight is 449 g/mol. The number of amides is 1. The van der Waals surface area contributed by atoms with Crippen LogP contribution < -0.4 is 5.32 Å². The number of carbonyl (C=O) groups is 1. The highest BCUT2D eigenvalue weighted by Crippen LogP contribution is 2.30. The minimum atomic E-state index is -3.64. The predicted octanol–water partition coefficient (Wildman–Crippen LogP) is 3.98. The van der Waals surface area contributed by atoms with Crippen LogP contribution in [0.15, 0.2) is 45.7 Å². The molecule has 1 N–H and O–H groups in total. The van der Waals surface area contributed by atoms with Gasteiger partial charge in [-0.05, 0) is 49.7 Å². The van der Waals surface area contributed by atoms with E-state index in [-0.39, 0.29) is 10.7 Å². The zero-order valence-corrected chi connectivity index (χ0v) is 18.1. The molecule has 1 aliphatic rings. The summed E-state index contributed by atoms with van der Waals surface area (Å²) in [6.45, 7) is 4.99. The molecule has 0 aliphatic carbocycles. The van der Waals surface area contributed by atoms with E-state index in [0.717, 1.165) is 5.56 Å². The number of hydrogen-bond acceptors (Lipinski definition) is 5. The maximum atomic E-state index is 12.9. The number of ether oxygens (including phenoxy) is 1. The number of halogens is 1. The topological polar surface area (TPSA) is 88.8 Å². The first-order valence-corrected chi connectivity index (χ1v) is 11.3. The molecule has 4 rings (SSSR count). The molecule has 158 valence electrons. The molecular formula is C21H21ClN2O5S. The number of rotatable bonds is 4. The summed E-state index contributed by atoms with van der Waals surface area (Å²) in [7, 11) is -3.64. The first-order valence-electron chi connectivity index (χ1n) is 9.46. The van der Waals surface area contributed by atoms with Crippen molar-refractivity contribution in [1.29, 1.82) is 0 Å². The zero-order chi connectivity index (χ0) is 21.5. The van der Waals surface area contributed by atoms with Gasteiger partial charge in [0.05, 0.1) is 18.1 Å². The van der Waals surface area contributed by atoms with E-state index in [1.54, 1.807) is 31.2 Å². The van der Waals surface area contributed by atoms with E-state index in [2.05, 4.69) is 5.32 Å². The normalized spacial score (nSPS) is 15.4. The lowest BCUT2D eigenvalue weighted by atomic mass is 10.1. The molecule has 2 aromatic carbocycles. The summed E-state index contributed by atoms with van der Waals surface area (Å²) < 4.78 is 38.2. The maximum Gasteiger partial charge on any atom is 0.291 e. The first kappa shape index (κ1) is 20.9. The Bertz CT molecular complexity index is 1230. The minimum absolute atomic E-state index is 0.127. The monoisotopic (exact) mass is 448 g/mol. The van der Waals surface area contributed by atoms with Gasteiger partial charge in [-0.15, -0.1) is 0 Å². The SMILES string of the molecule is Cc1ccc(NC(=O)c2oc3ccc(S(=O)(=O)N4CCOCC4)cc3c2C)cc1Cl. The highest BCUT2D eigenvalue weighted by Gasteiger charge is 2.27. The molecule has 3 aromatic rings. The standard InChI is InChI=1S/C21H21ClN2O5S/c1-13-3-4-15(11-18(13)22)23-21(25)20-14(2)17-12-16(5-6-19(17)29-20)30(26,27)24-7-9-28-10-8-24/h3-6,11-12H,7-10H2,1-2H3,(H,23,25). The van der Waals surface area contributed by atoms with E-state index in [4.69, 9.17) is 20.8 Å². The molecule has 0 spiro atoms. The van der Waals surface area contributed by atoms with Gasteiger partial charge in [0.1, 0.15) is 5.58 Å². The van der Waals surface area contributed by atoms with E-state index >= 15 is 0 Å². The summed E-state index contributed by atoms with van der Waals surface area (Å²) in [5.41, 5.74) is 2.47. The summed E-state index contributed by atoms with van der Waals surface area (Å²) in [6.07, 6.45) is 0. The number of fused-ring (bicyclic) bond motifs is 1. The molecule has 9 heteroatoms. The van der Waals surface area contributed by atoms with Crippen LogP contribution >= 0.6 is 11.6 Å². The van der Waals surface area contributed by atoms with Gasteiger partial charge in [0.15, 0.2) is 5.76 Å². The lowest BCUT2D eigenvalue weighted by Gasteiger charge is -2.26. The highest BCUT2D eigenvalue weighted by atomic mass is 35.5. The highest BCUT2D eigenvalue weighted by molar-refractivity contribution is 7.89. The average Bonchev–Trinajstić information content (AvgIpc) is 3.07. The fraction of sp³-hybridized carbons (Fsp3) is 0.286. The summed E-state index contributed by atoms with van der Waals surface area (Å²) in [5.74, 6) is -0.302. The van der Waals surface area contributed by atoms with E-state index in [1.165, 1.54) is 10.4 Å². The van der Waals surface area contributed by atoms with Gasteiger partial charge in [0, 0.05) is 34.7 Å². The third kappa shape index (κ3) is 3.83. The summed E-state index contributed by atoms with van der Waals surface area (Å²) >= 11 is 6.12. The van der Waals surface area contributed by atoms with Gasteiger partial charge >= 0.3 is 0 Å². The third-order valence-corrected chi connectivity index (χ3v) is 7.45. The quantitative estimate of drug-likeness (QED) is 0.652. The van der Waals surface area contributed by atoms with Gasteiger partial charge in [0.25, 0.3) is 5.91 Å². The number of morpholine rings is 1. The van der Waals surface area contributed by atoms with Gasteiger partial charge < -0.3 is 14.5 Å². The van der Waals surface area contributed by atoms with E-state index < -0.39 is 15.9 Å². The van der Waals surface area contributed by atoms with Crippen molar-refractivity contribution >= 4 is 44.2 Å². The molecule has 7 nitrogen and oxygen atoms in total. The van der Waals surface area contributed by atoms with Crippen LogP contribution in [0.25, 0.3) is 11.0 Å². The van der Waals surface area contributed by atoms with Crippen LogP contribution in [0.1, 0.15) is 21.7 Å². The Hall–Kier alpha value is -2.39. The molecule has 1 aromatic heterocycles. The summed E-state index contributed by atoms with van der Waals surface area (Å²) in [4.78, 5) is 12.9. The zero-order valence-electron chi connectivity index (χ0n) is 16.6. The van der Waals surface area contributed by atoms with Crippen LogP contribution in [-0.4, -0.2) is 44.9 Å². The van der Waals surface area contributed by atoms with Gasteiger partial charge in [0.2, 0.25) is 10.0 Å². The second kappa shape index (κ2) is 8.03. The maximum absolute atomic E-state index is 12.9. The Labute approximate surface area is 179 Å². The smallest absolute Gasteiger partial charge is 0.291 e. The van der Waals surface area contributed by atoms with Crippen LogP contribution in [0, 0.1) is 13.8 Å². The molecule has 0 radical (unpaired) electrons. The number of nitrogens with one attached hydrogen (secondary N) is 1. The van der Waals surface area contributed by atoms with Gasteiger partial charge in [-0.3, -0.25) is 4.79 Å². The number of benzene rings is 2. The molecule has 0 atom stereocenters. The number of aryl methyl sites for hydroxylation is 2. The van der Waals surface area contributed by atoms with Crippen molar-refractivity contribution in [2.75, 3.05) is 31.6 Å². The number of hydrogen-bond donors (Lipinski definition) is 1. The van der Waals surface area contributed by atoms with E-state index in [9.17, 15) is 13.2 Å². The van der Waals surface area contributed by atoms with Crippen LogP contribution in [0.2, 0.25) is 5.02 Å². The summed E-state index contributed by atoms with van der Waals surface area (Å²) in [5, 5.41) is 3.90. The Morgan fingerprint density at radius 1 is 1.10 bits per heavy atom. The Balaban J connectivity index is 1.65. The number of sulfonamides is 1.